The summed E-state index contributed by atoms with van der Waals surface area (Å²) in [5, 5.41) is 18.8. The highest BCUT2D eigenvalue weighted by Gasteiger charge is 2.40. The summed E-state index contributed by atoms with van der Waals surface area (Å²) in [6.45, 7) is 11.0. The molecule has 9 heteroatoms. The lowest BCUT2D eigenvalue weighted by molar-refractivity contribution is 0.0517. The van der Waals surface area contributed by atoms with Gasteiger partial charge in [-0.3, -0.25) is 4.98 Å². The normalized spacial score (nSPS) is 18.9. The molecule has 0 saturated carbocycles. The maximum Gasteiger partial charge on any atom is 0.407 e. The Hall–Kier alpha value is -3.07. The van der Waals surface area contributed by atoms with Crippen molar-refractivity contribution in [2.45, 2.75) is 65.5 Å². The predicted molar refractivity (Wildman–Crippen MR) is 146 cm³/mol. The van der Waals surface area contributed by atoms with Gasteiger partial charge in [-0.2, -0.15) is 0 Å². The molecule has 1 aliphatic heterocycles. The molecule has 36 heavy (non-hydrogen) atoms. The second kappa shape index (κ2) is 9.10. The fraction of sp³-hybridized carbons (Fsp3) is 0.444. The number of fused-ring (bicyclic) bond motifs is 3. The first-order chi connectivity index (χ1) is 17.0. The zero-order valence-corrected chi connectivity index (χ0v) is 22.8. The van der Waals surface area contributed by atoms with Crippen LogP contribution < -0.4 is 5.32 Å². The standard InChI is InChI=1S/C27H32BrN5O3/c1-14(2)30-24-18(13-29-23-17-7-6-16(28)11-20(17)31-25(23)24)21-12-19(32-36-21)15-8-9-33(26(34)35)22(10-15)27(3,4)5/h6-7,11-15,22,31H,8-10H2,1-5H3,(H,29,30)(H,34,35). The lowest BCUT2D eigenvalue weighted by Gasteiger charge is -2.44. The van der Waals surface area contributed by atoms with Crippen LogP contribution in [0, 0.1) is 5.41 Å². The Morgan fingerprint density at radius 2 is 2.08 bits per heavy atom. The molecule has 2 unspecified atom stereocenters. The Kier molecular flexibility index (Phi) is 6.22. The van der Waals surface area contributed by atoms with E-state index in [0.29, 0.717) is 18.7 Å². The van der Waals surface area contributed by atoms with Gasteiger partial charge in [-0.15, -0.1) is 0 Å². The maximum atomic E-state index is 11.8. The van der Waals surface area contributed by atoms with E-state index in [1.165, 1.54) is 0 Å². The number of rotatable bonds is 4. The van der Waals surface area contributed by atoms with Crippen molar-refractivity contribution in [1.82, 2.24) is 20.0 Å². The molecule has 1 amide bonds. The summed E-state index contributed by atoms with van der Waals surface area (Å²) >= 11 is 3.55. The van der Waals surface area contributed by atoms with E-state index in [1.54, 1.807) is 4.90 Å². The predicted octanol–water partition coefficient (Wildman–Crippen LogP) is 7.23. The van der Waals surface area contributed by atoms with Crippen molar-refractivity contribution in [1.29, 1.82) is 0 Å². The van der Waals surface area contributed by atoms with Crippen molar-refractivity contribution in [2.75, 3.05) is 11.9 Å². The Morgan fingerprint density at radius 3 is 2.78 bits per heavy atom. The first-order valence-corrected chi connectivity index (χ1v) is 13.1. The quantitative estimate of drug-likeness (QED) is 0.246. The van der Waals surface area contributed by atoms with Crippen LogP contribution in [-0.2, 0) is 0 Å². The number of aromatic amines is 1. The molecule has 3 aromatic heterocycles. The Bertz CT molecular complexity index is 1430. The third kappa shape index (κ3) is 4.45. The fourth-order valence-corrected chi connectivity index (χ4v) is 5.68. The lowest BCUT2D eigenvalue weighted by atomic mass is 9.76. The van der Waals surface area contributed by atoms with Gasteiger partial charge >= 0.3 is 6.09 Å². The third-order valence-electron chi connectivity index (χ3n) is 7.07. The van der Waals surface area contributed by atoms with Gasteiger partial charge in [-0.05, 0) is 50.3 Å². The largest absolute Gasteiger partial charge is 0.465 e. The average Bonchev–Trinajstić information content (AvgIpc) is 3.43. The molecule has 1 aliphatic rings. The summed E-state index contributed by atoms with van der Waals surface area (Å²) in [5.74, 6) is 0.779. The highest BCUT2D eigenvalue weighted by atomic mass is 79.9. The fourth-order valence-electron chi connectivity index (χ4n) is 5.32. The summed E-state index contributed by atoms with van der Waals surface area (Å²) in [7, 11) is 0. The molecule has 4 aromatic rings. The Balaban J connectivity index is 1.53. The Labute approximate surface area is 218 Å². The smallest absolute Gasteiger partial charge is 0.407 e. The molecule has 5 rings (SSSR count). The van der Waals surface area contributed by atoms with Gasteiger partial charge in [0.2, 0.25) is 0 Å². The van der Waals surface area contributed by atoms with Gasteiger partial charge in [0.1, 0.15) is 0 Å². The lowest BCUT2D eigenvalue weighted by Crippen LogP contribution is -2.51. The van der Waals surface area contributed by atoms with Gasteiger partial charge < -0.3 is 24.8 Å². The minimum atomic E-state index is -0.858. The minimum absolute atomic E-state index is 0.0873. The third-order valence-corrected chi connectivity index (χ3v) is 7.56. The van der Waals surface area contributed by atoms with E-state index in [-0.39, 0.29) is 23.4 Å². The van der Waals surface area contributed by atoms with Crippen LogP contribution in [0.2, 0.25) is 0 Å². The number of H-pyrrole nitrogens is 1. The molecule has 8 nitrogen and oxygen atoms in total. The summed E-state index contributed by atoms with van der Waals surface area (Å²) < 4.78 is 6.88. The van der Waals surface area contributed by atoms with Crippen LogP contribution in [0.3, 0.4) is 0 Å². The van der Waals surface area contributed by atoms with Crippen LogP contribution in [0.15, 0.2) is 39.5 Å². The van der Waals surface area contributed by atoms with Gasteiger partial charge in [0, 0.05) is 52.2 Å². The molecule has 0 radical (unpaired) electrons. The van der Waals surface area contributed by atoms with E-state index < -0.39 is 6.09 Å². The Morgan fingerprint density at radius 1 is 1.31 bits per heavy atom. The molecule has 1 fully saturated rings. The highest BCUT2D eigenvalue weighted by molar-refractivity contribution is 9.10. The summed E-state index contributed by atoms with van der Waals surface area (Å²) in [5.41, 5.74) is 5.30. The number of likely N-dealkylation sites (tertiary alicyclic amines) is 1. The van der Waals surface area contributed by atoms with Crippen molar-refractivity contribution < 1.29 is 14.4 Å². The number of carboxylic acid groups (broad SMARTS) is 1. The van der Waals surface area contributed by atoms with E-state index in [0.717, 1.165) is 49.8 Å². The van der Waals surface area contributed by atoms with Crippen LogP contribution in [-0.4, -0.2) is 49.9 Å². The van der Waals surface area contributed by atoms with E-state index >= 15 is 0 Å². The van der Waals surface area contributed by atoms with Gasteiger partial charge in [0.15, 0.2) is 5.76 Å². The molecule has 3 N–H and O–H groups in total. The maximum absolute atomic E-state index is 11.8. The first-order valence-electron chi connectivity index (χ1n) is 12.4. The second-order valence-corrected chi connectivity index (χ2v) is 12.0. The molecule has 1 saturated heterocycles. The number of anilines is 1. The molecule has 4 heterocycles. The topological polar surface area (TPSA) is 107 Å². The van der Waals surface area contributed by atoms with E-state index in [2.05, 4.69) is 78.1 Å². The molecule has 2 atom stereocenters. The van der Waals surface area contributed by atoms with Crippen LogP contribution >= 0.6 is 15.9 Å². The monoisotopic (exact) mass is 553 g/mol. The summed E-state index contributed by atoms with van der Waals surface area (Å²) in [4.78, 5) is 21.7. The van der Waals surface area contributed by atoms with Gasteiger partial charge in [-0.25, -0.2) is 4.79 Å². The van der Waals surface area contributed by atoms with Crippen LogP contribution in [0.4, 0.5) is 10.5 Å². The number of aromatic nitrogens is 3. The minimum Gasteiger partial charge on any atom is -0.465 e. The van der Waals surface area contributed by atoms with E-state index in [1.807, 2.05) is 18.3 Å². The van der Waals surface area contributed by atoms with Crippen molar-refractivity contribution in [3.63, 3.8) is 0 Å². The van der Waals surface area contributed by atoms with Gasteiger partial charge in [-0.1, -0.05) is 41.9 Å². The molecule has 0 spiro atoms. The number of halogens is 1. The van der Waals surface area contributed by atoms with Gasteiger partial charge in [0.05, 0.1) is 28.0 Å². The molecular formula is C27H32BrN5O3. The number of piperidine rings is 1. The zero-order chi connectivity index (χ0) is 25.8. The number of amides is 1. The molecule has 0 bridgehead atoms. The van der Waals surface area contributed by atoms with E-state index in [4.69, 9.17) is 9.51 Å². The number of pyridine rings is 1. The van der Waals surface area contributed by atoms with Crippen molar-refractivity contribution >= 4 is 49.6 Å². The van der Waals surface area contributed by atoms with Crippen molar-refractivity contribution in [3.8, 4) is 11.3 Å². The molecular weight excluding hydrogens is 522 g/mol. The number of carbonyl (C=O) groups is 1. The SMILES string of the molecule is CC(C)Nc1c(-c2cc(C3CCN(C(=O)O)C(C(C)(C)C)C3)no2)cnc2c1[nH]c1cc(Br)ccc12. The number of nitrogens with zero attached hydrogens (tertiary/aromatic N) is 3. The number of benzene rings is 1. The summed E-state index contributed by atoms with van der Waals surface area (Å²) in [6, 6.07) is 8.24. The number of nitrogens with one attached hydrogen (secondary N) is 2. The molecule has 190 valence electrons. The van der Waals surface area contributed by atoms with Crippen LogP contribution in [0.1, 0.15) is 59.1 Å². The molecule has 1 aromatic carbocycles. The van der Waals surface area contributed by atoms with Gasteiger partial charge in [0.25, 0.3) is 0 Å². The molecule has 0 aliphatic carbocycles. The highest BCUT2D eigenvalue weighted by Crippen LogP contribution is 2.41. The van der Waals surface area contributed by atoms with Crippen molar-refractivity contribution in [3.05, 3.63) is 40.6 Å². The average molecular weight is 554 g/mol. The summed E-state index contributed by atoms with van der Waals surface area (Å²) in [6.07, 6.45) is 2.42. The van der Waals surface area contributed by atoms with E-state index in [9.17, 15) is 9.90 Å². The number of hydrogen-bond donors (Lipinski definition) is 3. The van der Waals surface area contributed by atoms with Crippen LogP contribution in [0.25, 0.3) is 33.3 Å². The number of hydrogen-bond acceptors (Lipinski definition) is 5. The zero-order valence-electron chi connectivity index (χ0n) is 21.2. The van der Waals surface area contributed by atoms with Crippen molar-refractivity contribution in [2.24, 2.45) is 5.41 Å². The second-order valence-electron chi connectivity index (χ2n) is 11.1. The van der Waals surface area contributed by atoms with Crippen LogP contribution in [0.5, 0.6) is 0 Å². The first kappa shape index (κ1) is 24.6.